The number of amides is 3. The molecular formula is C22H22ClF2N5O3S. The predicted molar refractivity (Wildman–Crippen MR) is 120 cm³/mol. The quantitative estimate of drug-likeness (QED) is 0.574. The summed E-state index contributed by atoms with van der Waals surface area (Å²) in [5.74, 6) is -6.42. The first-order valence-corrected chi connectivity index (χ1v) is 12.4. The van der Waals surface area contributed by atoms with Crippen LogP contribution >= 0.6 is 22.9 Å². The summed E-state index contributed by atoms with van der Waals surface area (Å²) in [7, 11) is 0. The minimum Gasteiger partial charge on any atom is -0.356 e. The van der Waals surface area contributed by atoms with Gasteiger partial charge >= 0.3 is 0 Å². The summed E-state index contributed by atoms with van der Waals surface area (Å²) in [5, 5.41) is 16.9. The summed E-state index contributed by atoms with van der Waals surface area (Å²) >= 11 is 7.49. The van der Waals surface area contributed by atoms with Crippen LogP contribution in [0.3, 0.4) is 0 Å². The Morgan fingerprint density at radius 2 is 2.18 bits per heavy atom. The summed E-state index contributed by atoms with van der Waals surface area (Å²) < 4.78 is 30.5. The Hall–Kier alpha value is -2.71. The first-order chi connectivity index (χ1) is 16.2. The number of nitrogens with zero attached hydrogens (tertiary/aromatic N) is 2. The van der Waals surface area contributed by atoms with Crippen LogP contribution in [-0.4, -0.2) is 58.2 Å². The van der Waals surface area contributed by atoms with Crippen LogP contribution in [0.25, 0.3) is 10.2 Å². The Labute approximate surface area is 202 Å². The molecule has 1 saturated carbocycles. The van der Waals surface area contributed by atoms with Gasteiger partial charge in [-0.15, -0.1) is 11.3 Å². The maximum atomic E-state index is 14.9. The molecule has 3 aliphatic heterocycles. The van der Waals surface area contributed by atoms with Crippen molar-refractivity contribution in [3.05, 3.63) is 22.2 Å². The van der Waals surface area contributed by atoms with Crippen LogP contribution in [0, 0.1) is 23.2 Å². The maximum absolute atomic E-state index is 14.9. The van der Waals surface area contributed by atoms with Gasteiger partial charge in [0.25, 0.3) is 11.8 Å². The second kappa shape index (κ2) is 8.50. The highest BCUT2D eigenvalue weighted by Gasteiger charge is 2.60. The molecule has 4 fully saturated rings. The van der Waals surface area contributed by atoms with Gasteiger partial charge in [-0.25, -0.2) is 8.78 Å². The van der Waals surface area contributed by atoms with Crippen LogP contribution in [-0.2, 0) is 9.59 Å². The first kappa shape index (κ1) is 23.1. The zero-order valence-corrected chi connectivity index (χ0v) is 19.5. The van der Waals surface area contributed by atoms with Crippen molar-refractivity contribution in [3.63, 3.8) is 0 Å². The molecule has 180 valence electrons. The van der Waals surface area contributed by atoms with Gasteiger partial charge in [0.05, 0.1) is 27.2 Å². The van der Waals surface area contributed by atoms with Gasteiger partial charge in [-0.1, -0.05) is 11.6 Å². The molecule has 0 aromatic carbocycles. The predicted octanol–water partition coefficient (Wildman–Crippen LogP) is 3.05. The van der Waals surface area contributed by atoms with Crippen LogP contribution in [0.4, 0.5) is 8.78 Å². The number of aromatic nitrogens is 1. The number of hydrogen-bond acceptors (Lipinski definition) is 5. The van der Waals surface area contributed by atoms with Crippen LogP contribution in [0.5, 0.6) is 0 Å². The van der Waals surface area contributed by atoms with Crippen molar-refractivity contribution in [2.24, 2.45) is 11.8 Å². The molecule has 0 spiro atoms. The van der Waals surface area contributed by atoms with Crippen LogP contribution in [0.15, 0.2) is 11.4 Å². The fourth-order valence-electron chi connectivity index (χ4n) is 5.49. The molecule has 3 amide bonds. The van der Waals surface area contributed by atoms with E-state index in [-0.39, 0.29) is 24.4 Å². The van der Waals surface area contributed by atoms with Gasteiger partial charge in [-0.05, 0) is 31.7 Å². The summed E-state index contributed by atoms with van der Waals surface area (Å²) in [5.41, 5.74) is 0.764. The molecule has 5 heterocycles. The van der Waals surface area contributed by atoms with Gasteiger partial charge in [0.15, 0.2) is 0 Å². The average molecular weight is 510 g/mol. The fraction of sp³-hybridized carbons (Fsp3) is 0.545. The zero-order chi connectivity index (χ0) is 24.2. The number of aromatic amines is 1. The minimum absolute atomic E-state index is 0.0879. The number of rotatable bonds is 5. The third kappa shape index (κ3) is 3.82. The lowest BCUT2D eigenvalue weighted by atomic mass is 9.71. The smallest absolute Gasteiger partial charge is 0.271 e. The number of carbonyl (C=O) groups excluding carboxylic acids is 3. The van der Waals surface area contributed by atoms with Gasteiger partial charge in [-0.3, -0.25) is 14.4 Å². The second-order valence-electron chi connectivity index (χ2n) is 9.17. The molecule has 6 rings (SSSR count). The number of nitrogens with one attached hydrogen (secondary N) is 3. The SMILES string of the molecule is N#C[C@H](C[C@H]1CCNC1=O)NC(=O)[C@H]1[C@H]2CC[C@H](CC2(F)F)N1C(=O)c1cc2scc(Cl)c2[nH]1. The molecular weight excluding hydrogens is 488 g/mol. The monoisotopic (exact) mass is 509 g/mol. The van der Waals surface area contributed by atoms with E-state index in [0.717, 1.165) is 4.70 Å². The molecule has 5 atom stereocenters. The van der Waals surface area contributed by atoms with Gasteiger partial charge in [-0.2, -0.15) is 5.26 Å². The normalized spacial score (nSPS) is 28.5. The number of nitriles is 1. The molecule has 2 aromatic heterocycles. The summed E-state index contributed by atoms with van der Waals surface area (Å²) in [6.07, 6.45) is 0.594. The number of piperidine rings is 2. The highest BCUT2D eigenvalue weighted by atomic mass is 35.5. The van der Waals surface area contributed by atoms with Gasteiger partial charge < -0.3 is 20.5 Å². The van der Waals surface area contributed by atoms with E-state index in [1.807, 2.05) is 6.07 Å². The van der Waals surface area contributed by atoms with Gasteiger partial charge in [0, 0.05) is 30.3 Å². The van der Waals surface area contributed by atoms with Crippen molar-refractivity contribution < 1.29 is 23.2 Å². The van der Waals surface area contributed by atoms with E-state index in [4.69, 9.17) is 11.6 Å². The summed E-state index contributed by atoms with van der Waals surface area (Å²) in [6.45, 7) is 0.494. The lowest BCUT2D eigenvalue weighted by Gasteiger charge is -2.53. The van der Waals surface area contributed by atoms with Crippen LogP contribution in [0.1, 0.15) is 42.6 Å². The van der Waals surface area contributed by atoms with Crippen molar-refractivity contribution in [1.29, 1.82) is 5.26 Å². The maximum Gasteiger partial charge on any atom is 0.271 e. The Morgan fingerprint density at radius 1 is 1.38 bits per heavy atom. The van der Waals surface area contributed by atoms with Crippen LogP contribution < -0.4 is 10.6 Å². The Kier molecular flexibility index (Phi) is 5.76. The van der Waals surface area contributed by atoms with Crippen molar-refractivity contribution in [2.45, 2.75) is 56.2 Å². The van der Waals surface area contributed by atoms with E-state index in [0.29, 0.717) is 29.9 Å². The van der Waals surface area contributed by atoms with Gasteiger partial charge in [0.2, 0.25) is 11.8 Å². The molecule has 3 saturated heterocycles. The number of thiophene rings is 1. The van der Waals surface area contributed by atoms with Gasteiger partial charge in [0.1, 0.15) is 17.8 Å². The molecule has 8 nitrogen and oxygen atoms in total. The van der Waals surface area contributed by atoms with E-state index in [9.17, 15) is 28.4 Å². The Bertz CT molecular complexity index is 1210. The van der Waals surface area contributed by atoms with E-state index >= 15 is 0 Å². The zero-order valence-electron chi connectivity index (χ0n) is 17.9. The Morgan fingerprint density at radius 3 is 2.82 bits per heavy atom. The number of alkyl halides is 2. The van der Waals surface area contributed by atoms with E-state index < -0.39 is 54.1 Å². The molecule has 0 unspecified atom stereocenters. The molecule has 0 radical (unpaired) electrons. The Balaban J connectivity index is 1.42. The molecule has 2 aromatic rings. The number of halogens is 3. The first-order valence-electron chi connectivity index (χ1n) is 11.1. The van der Waals surface area contributed by atoms with E-state index in [2.05, 4.69) is 15.6 Å². The number of fused-ring (bicyclic) bond motifs is 4. The number of H-pyrrole nitrogens is 1. The lowest BCUT2D eigenvalue weighted by Crippen LogP contribution is -2.68. The average Bonchev–Trinajstić information content (AvgIpc) is 3.49. The van der Waals surface area contributed by atoms with Crippen molar-refractivity contribution in [3.8, 4) is 6.07 Å². The van der Waals surface area contributed by atoms with Crippen LogP contribution in [0.2, 0.25) is 5.02 Å². The van der Waals surface area contributed by atoms with Crippen molar-refractivity contribution in [2.75, 3.05) is 6.54 Å². The largest absolute Gasteiger partial charge is 0.356 e. The highest BCUT2D eigenvalue weighted by Crippen LogP contribution is 2.49. The standard InChI is InChI=1S/C22H22ClF2N5O3S/c23-14-9-34-16-6-15(29-17(14)16)21(33)30-12-1-2-13(22(24,25)7-12)18(30)20(32)28-11(8-26)5-10-3-4-27-19(10)31/h6,9-13,18,29H,1-5,7H2,(H,27,31)(H,28,32)/t10-,11+,12-,13-,18-/m1/s1. The third-order valence-electron chi connectivity index (χ3n) is 7.13. The number of carbonyl (C=O) groups is 3. The molecule has 2 bridgehead atoms. The summed E-state index contributed by atoms with van der Waals surface area (Å²) in [4.78, 5) is 42.9. The second-order valence-corrected chi connectivity index (χ2v) is 10.5. The van der Waals surface area contributed by atoms with Crippen molar-refractivity contribution in [1.82, 2.24) is 20.5 Å². The molecule has 12 heteroatoms. The number of hydrogen-bond donors (Lipinski definition) is 3. The minimum atomic E-state index is -3.10. The molecule has 4 aliphatic rings. The third-order valence-corrected chi connectivity index (χ3v) is 8.49. The fourth-order valence-corrected chi connectivity index (χ4v) is 6.64. The van der Waals surface area contributed by atoms with Crippen molar-refractivity contribution >= 4 is 50.9 Å². The molecule has 3 N–H and O–H groups in total. The topological polar surface area (TPSA) is 118 Å². The molecule has 1 aliphatic carbocycles. The molecule has 34 heavy (non-hydrogen) atoms. The van der Waals surface area contributed by atoms with E-state index in [1.165, 1.54) is 16.2 Å². The highest BCUT2D eigenvalue weighted by molar-refractivity contribution is 7.17. The lowest BCUT2D eigenvalue weighted by molar-refractivity contribution is -0.179. The van der Waals surface area contributed by atoms with E-state index in [1.54, 1.807) is 11.4 Å². The summed E-state index contributed by atoms with van der Waals surface area (Å²) in [6, 6.07) is 0.323.